The van der Waals surface area contributed by atoms with E-state index in [0.29, 0.717) is 12.1 Å². The van der Waals surface area contributed by atoms with Crippen LogP contribution in [0.2, 0.25) is 0 Å². The Kier molecular flexibility index (Phi) is 3.92. The van der Waals surface area contributed by atoms with E-state index in [1.54, 1.807) is 40.6 Å². The van der Waals surface area contributed by atoms with E-state index in [9.17, 15) is 13.2 Å². The van der Waals surface area contributed by atoms with Crippen LogP contribution < -0.4 is 9.62 Å². The molecule has 22 heavy (non-hydrogen) atoms. The van der Waals surface area contributed by atoms with Crippen LogP contribution in [-0.2, 0) is 14.8 Å². The van der Waals surface area contributed by atoms with Crippen molar-refractivity contribution in [1.82, 2.24) is 0 Å². The summed E-state index contributed by atoms with van der Waals surface area (Å²) in [6, 6.07) is 8.51. The molecule has 0 atom stereocenters. The minimum Gasteiger partial charge on any atom is -0.312 e. The van der Waals surface area contributed by atoms with Gasteiger partial charge in [-0.05, 0) is 48.6 Å². The zero-order valence-corrected chi connectivity index (χ0v) is 13.7. The highest BCUT2D eigenvalue weighted by molar-refractivity contribution is 7.94. The van der Waals surface area contributed by atoms with Crippen molar-refractivity contribution in [3.05, 3.63) is 41.3 Å². The average Bonchev–Trinajstić information content (AvgIpc) is 3.10. The predicted octanol–water partition coefficient (Wildman–Crippen LogP) is 2.98. The Hall–Kier alpha value is -1.86. The summed E-state index contributed by atoms with van der Waals surface area (Å²) in [6.07, 6.45) is 1.44. The number of sulfonamides is 1. The summed E-state index contributed by atoms with van der Waals surface area (Å²) >= 11 is 1.17. The molecular weight excluding hydrogens is 320 g/mol. The fraction of sp³-hybridized carbons (Fsp3) is 0.267. The maximum Gasteiger partial charge on any atom is 0.271 e. The lowest BCUT2D eigenvalue weighted by molar-refractivity contribution is -0.117. The van der Waals surface area contributed by atoms with Crippen molar-refractivity contribution in [1.29, 1.82) is 0 Å². The molecule has 0 radical (unpaired) electrons. The molecule has 1 aromatic heterocycles. The summed E-state index contributed by atoms with van der Waals surface area (Å²) in [4.78, 5) is 13.6. The second kappa shape index (κ2) is 5.73. The SMILES string of the molecule is Cc1cc(NS(=O)(=O)c2cccs2)ccc1N1CCCC1=O. The summed E-state index contributed by atoms with van der Waals surface area (Å²) in [5.41, 5.74) is 2.23. The molecule has 1 aliphatic rings. The smallest absolute Gasteiger partial charge is 0.271 e. The summed E-state index contributed by atoms with van der Waals surface area (Å²) in [6.45, 7) is 2.60. The molecule has 1 N–H and O–H groups in total. The molecule has 1 aliphatic heterocycles. The normalized spacial score (nSPS) is 15.3. The monoisotopic (exact) mass is 336 g/mol. The van der Waals surface area contributed by atoms with Crippen molar-refractivity contribution >= 4 is 38.6 Å². The number of nitrogens with one attached hydrogen (secondary N) is 1. The van der Waals surface area contributed by atoms with E-state index in [4.69, 9.17) is 0 Å². The lowest BCUT2D eigenvalue weighted by Gasteiger charge is -2.19. The molecule has 1 saturated heterocycles. The highest BCUT2D eigenvalue weighted by Gasteiger charge is 2.23. The predicted molar refractivity (Wildman–Crippen MR) is 87.9 cm³/mol. The summed E-state index contributed by atoms with van der Waals surface area (Å²) < 4.78 is 27.3. The Morgan fingerprint density at radius 3 is 2.68 bits per heavy atom. The lowest BCUT2D eigenvalue weighted by atomic mass is 10.1. The van der Waals surface area contributed by atoms with Crippen LogP contribution in [0.25, 0.3) is 0 Å². The molecule has 2 aromatic rings. The van der Waals surface area contributed by atoms with E-state index in [2.05, 4.69) is 4.72 Å². The van der Waals surface area contributed by atoms with Gasteiger partial charge in [0.2, 0.25) is 5.91 Å². The van der Waals surface area contributed by atoms with E-state index < -0.39 is 10.0 Å². The van der Waals surface area contributed by atoms with Gasteiger partial charge in [0.1, 0.15) is 4.21 Å². The third-order valence-corrected chi connectivity index (χ3v) is 6.35. The van der Waals surface area contributed by atoms with Crippen molar-refractivity contribution < 1.29 is 13.2 Å². The second-order valence-electron chi connectivity index (χ2n) is 5.19. The minimum atomic E-state index is -3.54. The molecule has 1 fully saturated rings. The van der Waals surface area contributed by atoms with Crippen LogP contribution in [0, 0.1) is 6.92 Å². The maximum absolute atomic E-state index is 12.2. The van der Waals surface area contributed by atoms with Crippen LogP contribution in [0.15, 0.2) is 39.9 Å². The molecule has 1 aromatic carbocycles. The third-order valence-electron chi connectivity index (χ3n) is 3.57. The molecule has 3 rings (SSSR count). The number of aryl methyl sites for hydroxylation is 1. The molecule has 0 saturated carbocycles. The Labute approximate surface area is 133 Å². The van der Waals surface area contributed by atoms with Crippen LogP contribution in [-0.4, -0.2) is 20.9 Å². The first-order valence-corrected chi connectivity index (χ1v) is 9.31. The molecule has 1 amide bonds. The average molecular weight is 336 g/mol. The molecule has 0 unspecified atom stereocenters. The van der Waals surface area contributed by atoms with Crippen molar-refractivity contribution in [3.63, 3.8) is 0 Å². The lowest BCUT2D eigenvalue weighted by Crippen LogP contribution is -2.24. The van der Waals surface area contributed by atoms with Gasteiger partial charge in [0.05, 0.1) is 0 Å². The van der Waals surface area contributed by atoms with Gasteiger partial charge in [-0.2, -0.15) is 0 Å². The van der Waals surface area contributed by atoms with Gasteiger partial charge in [-0.25, -0.2) is 8.42 Å². The van der Waals surface area contributed by atoms with Crippen molar-refractivity contribution in [3.8, 4) is 0 Å². The Morgan fingerprint density at radius 1 is 1.27 bits per heavy atom. The Morgan fingerprint density at radius 2 is 2.09 bits per heavy atom. The van der Waals surface area contributed by atoms with Crippen LogP contribution in [0.3, 0.4) is 0 Å². The number of hydrogen-bond acceptors (Lipinski definition) is 4. The van der Waals surface area contributed by atoms with E-state index in [1.807, 2.05) is 6.92 Å². The largest absolute Gasteiger partial charge is 0.312 e. The number of hydrogen-bond donors (Lipinski definition) is 1. The maximum atomic E-state index is 12.2. The van der Waals surface area contributed by atoms with Gasteiger partial charge in [-0.3, -0.25) is 9.52 Å². The number of amides is 1. The molecule has 2 heterocycles. The van der Waals surface area contributed by atoms with E-state index in [0.717, 1.165) is 24.2 Å². The Bertz CT molecular complexity index is 798. The van der Waals surface area contributed by atoms with Gasteiger partial charge in [-0.1, -0.05) is 6.07 Å². The van der Waals surface area contributed by atoms with Crippen molar-refractivity contribution in [2.24, 2.45) is 0 Å². The Balaban J connectivity index is 1.85. The summed E-state index contributed by atoms with van der Waals surface area (Å²) in [5, 5.41) is 1.72. The first kappa shape index (κ1) is 15.1. The standard InChI is InChI=1S/C15H16N2O3S2/c1-11-10-12(16-22(19,20)15-5-3-9-21-15)6-7-13(11)17-8-2-4-14(17)18/h3,5-7,9-10,16H,2,4,8H2,1H3. The van der Waals surface area contributed by atoms with Crippen LogP contribution in [0.1, 0.15) is 18.4 Å². The second-order valence-corrected chi connectivity index (χ2v) is 8.04. The number of carbonyl (C=O) groups excluding carboxylic acids is 1. The summed E-state index contributed by atoms with van der Waals surface area (Å²) in [5.74, 6) is 0.120. The van der Waals surface area contributed by atoms with E-state index >= 15 is 0 Å². The topological polar surface area (TPSA) is 66.5 Å². The van der Waals surface area contributed by atoms with Crippen molar-refractivity contribution in [2.75, 3.05) is 16.2 Å². The number of benzene rings is 1. The van der Waals surface area contributed by atoms with E-state index in [1.165, 1.54) is 11.3 Å². The molecule has 0 bridgehead atoms. The highest BCUT2D eigenvalue weighted by Crippen LogP contribution is 2.28. The van der Waals surface area contributed by atoms with Crippen LogP contribution in [0.4, 0.5) is 11.4 Å². The van der Waals surface area contributed by atoms with Gasteiger partial charge < -0.3 is 4.90 Å². The summed E-state index contributed by atoms with van der Waals surface area (Å²) in [7, 11) is -3.54. The fourth-order valence-electron chi connectivity index (χ4n) is 2.55. The quantitative estimate of drug-likeness (QED) is 0.933. The molecular formula is C15H16N2O3S2. The first-order chi connectivity index (χ1) is 10.5. The number of anilines is 2. The zero-order chi connectivity index (χ0) is 15.7. The van der Waals surface area contributed by atoms with Gasteiger partial charge in [0.15, 0.2) is 0 Å². The molecule has 0 aliphatic carbocycles. The van der Waals surface area contributed by atoms with Gasteiger partial charge in [0, 0.05) is 24.3 Å². The number of rotatable bonds is 4. The van der Waals surface area contributed by atoms with Crippen LogP contribution in [0.5, 0.6) is 0 Å². The third kappa shape index (κ3) is 2.86. The van der Waals surface area contributed by atoms with Crippen molar-refractivity contribution in [2.45, 2.75) is 24.0 Å². The van der Waals surface area contributed by atoms with Gasteiger partial charge in [-0.15, -0.1) is 11.3 Å². The molecule has 116 valence electrons. The van der Waals surface area contributed by atoms with E-state index in [-0.39, 0.29) is 10.1 Å². The number of thiophene rings is 1. The molecule has 5 nitrogen and oxygen atoms in total. The first-order valence-electron chi connectivity index (χ1n) is 6.95. The minimum absolute atomic E-state index is 0.120. The zero-order valence-electron chi connectivity index (χ0n) is 12.1. The van der Waals surface area contributed by atoms with Gasteiger partial charge in [0.25, 0.3) is 10.0 Å². The highest BCUT2D eigenvalue weighted by atomic mass is 32.2. The van der Waals surface area contributed by atoms with Gasteiger partial charge >= 0.3 is 0 Å². The fourth-order valence-corrected chi connectivity index (χ4v) is 4.59. The van der Waals surface area contributed by atoms with Crippen LogP contribution >= 0.6 is 11.3 Å². The molecule has 7 heteroatoms. The molecule has 0 spiro atoms. The number of carbonyl (C=O) groups is 1. The number of nitrogens with zero attached hydrogens (tertiary/aromatic N) is 1.